The van der Waals surface area contributed by atoms with Gasteiger partial charge in [0.1, 0.15) is 0 Å². The third-order valence-corrected chi connectivity index (χ3v) is 3.45. The van der Waals surface area contributed by atoms with Crippen LogP contribution in [0.1, 0.15) is 26.7 Å². The normalized spacial score (nSPS) is 27.1. The first kappa shape index (κ1) is 16.7. The Morgan fingerprint density at radius 2 is 2.18 bits per heavy atom. The minimum absolute atomic E-state index is 0. The molecular formula is C12H26ClN3O. The Morgan fingerprint density at radius 3 is 2.65 bits per heavy atom. The van der Waals surface area contributed by atoms with E-state index in [-0.39, 0.29) is 24.4 Å². The van der Waals surface area contributed by atoms with Crippen LogP contribution >= 0.6 is 12.4 Å². The van der Waals surface area contributed by atoms with Crippen molar-refractivity contribution in [3.8, 4) is 0 Å². The van der Waals surface area contributed by atoms with Crippen molar-refractivity contribution in [2.45, 2.75) is 38.8 Å². The first-order valence-electron chi connectivity index (χ1n) is 6.11. The van der Waals surface area contributed by atoms with Gasteiger partial charge in [0.25, 0.3) is 0 Å². The fraction of sp³-hybridized carbons (Fsp3) is 0.917. The zero-order valence-corrected chi connectivity index (χ0v) is 12.2. The van der Waals surface area contributed by atoms with Crippen LogP contribution in [0.3, 0.4) is 0 Å². The average Bonchev–Trinajstić information content (AvgIpc) is 2.15. The zero-order valence-electron chi connectivity index (χ0n) is 11.3. The number of carbonyl (C=O) groups excluding carboxylic acids is 1. The molecule has 5 heteroatoms. The number of amides is 1. The van der Waals surface area contributed by atoms with Crippen molar-refractivity contribution in [1.29, 1.82) is 0 Å². The highest BCUT2D eigenvalue weighted by Crippen LogP contribution is 2.20. The van der Waals surface area contributed by atoms with Crippen LogP contribution in [0.2, 0.25) is 0 Å². The van der Waals surface area contributed by atoms with Crippen molar-refractivity contribution in [2.75, 3.05) is 27.2 Å². The van der Waals surface area contributed by atoms with E-state index in [1.54, 1.807) is 0 Å². The van der Waals surface area contributed by atoms with Crippen molar-refractivity contribution in [3.63, 3.8) is 0 Å². The van der Waals surface area contributed by atoms with Crippen LogP contribution in [0.25, 0.3) is 0 Å². The van der Waals surface area contributed by atoms with E-state index in [4.69, 9.17) is 5.73 Å². The molecule has 3 atom stereocenters. The van der Waals surface area contributed by atoms with E-state index in [9.17, 15) is 4.79 Å². The van der Waals surface area contributed by atoms with Crippen LogP contribution in [0.5, 0.6) is 0 Å². The molecule has 102 valence electrons. The van der Waals surface area contributed by atoms with Gasteiger partial charge in [-0.1, -0.05) is 6.92 Å². The maximum Gasteiger partial charge on any atom is 0.224 e. The van der Waals surface area contributed by atoms with Crippen LogP contribution in [0.4, 0.5) is 0 Å². The van der Waals surface area contributed by atoms with Gasteiger partial charge in [0, 0.05) is 32.1 Å². The van der Waals surface area contributed by atoms with Gasteiger partial charge in [0.2, 0.25) is 5.91 Å². The lowest BCUT2D eigenvalue weighted by Gasteiger charge is -2.40. The van der Waals surface area contributed by atoms with Crippen LogP contribution in [0.15, 0.2) is 0 Å². The van der Waals surface area contributed by atoms with Crippen molar-refractivity contribution in [1.82, 2.24) is 9.80 Å². The fourth-order valence-corrected chi connectivity index (χ4v) is 2.52. The molecule has 1 aliphatic heterocycles. The van der Waals surface area contributed by atoms with E-state index in [2.05, 4.69) is 18.9 Å². The molecule has 1 heterocycles. The number of hydrogen-bond acceptors (Lipinski definition) is 3. The molecule has 0 spiro atoms. The number of hydrogen-bond donors (Lipinski definition) is 1. The number of nitrogens with two attached hydrogens (primary N) is 1. The molecule has 0 aromatic carbocycles. The fourth-order valence-electron chi connectivity index (χ4n) is 2.52. The number of nitrogens with zero attached hydrogens (tertiary/aromatic N) is 2. The molecule has 1 aliphatic rings. The molecule has 0 aromatic heterocycles. The van der Waals surface area contributed by atoms with Gasteiger partial charge in [-0.2, -0.15) is 0 Å². The summed E-state index contributed by atoms with van der Waals surface area (Å²) in [5.74, 6) is 0.720. The number of piperidine rings is 1. The Kier molecular flexibility index (Phi) is 7.05. The van der Waals surface area contributed by atoms with Gasteiger partial charge in [-0.05, 0) is 32.9 Å². The summed E-state index contributed by atoms with van der Waals surface area (Å²) < 4.78 is 0. The van der Waals surface area contributed by atoms with Crippen LogP contribution in [-0.4, -0.2) is 55.0 Å². The average molecular weight is 264 g/mol. The lowest BCUT2D eigenvalue weighted by molar-refractivity contribution is -0.134. The molecule has 1 fully saturated rings. The molecule has 2 N–H and O–H groups in total. The molecule has 3 unspecified atom stereocenters. The van der Waals surface area contributed by atoms with Crippen molar-refractivity contribution in [3.05, 3.63) is 0 Å². The second-order valence-electron chi connectivity index (χ2n) is 5.28. The second kappa shape index (κ2) is 7.19. The Balaban J connectivity index is 0.00000256. The summed E-state index contributed by atoms with van der Waals surface area (Å²) in [5, 5.41) is 0. The van der Waals surface area contributed by atoms with Crippen LogP contribution in [-0.2, 0) is 4.79 Å². The maximum atomic E-state index is 11.9. The predicted octanol–water partition coefficient (Wildman–Crippen LogP) is 0.944. The largest absolute Gasteiger partial charge is 0.342 e. The molecule has 17 heavy (non-hydrogen) atoms. The van der Waals surface area contributed by atoms with Gasteiger partial charge in [0.05, 0.1) is 0 Å². The maximum absolute atomic E-state index is 11.9. The SMILES string of the molecule is CC(N)CC(=O)N(C)C1CCN(C)CC1C.Cl. The molecule has 1 saturated heterocycles. The topological polar surface area (TPSA) is 49.6 Å². The molecule has 1 amide bonds. The summed E-state index contributed by atoms with van der Waals surface area (Å²) >= 11 is 0. The summed E-state index contributed by atoms with van der Waals surface area (Å²) in [7, 11) is 4.05. The minimum atomic E-state index is -0.0449. The van der Waals surface area contributed by atoms with E-state index in [0.29, 0.717) is 18.4 Å². The van der Waals surface area contributed by atoms with Gasteiger partial charge in [-0.3, -0.25) is 4.79 Å². The number of likely N-dealkylation sites (tertiary alicyclic amines) is 1. The molecular weight excluding hydrogens is 238 g/mol. The summed E-state index contributed by atoms with van der Waals surface area (Å²) in [5.41, 5.74) is 5.66. The molecule has 0 saturated carbocycles. The first-order chi connectivity index (χ1) is 7.41. The number of rotatable bonds is 3. The highest BCUT2D eigenvalue weighted by atomic mass is 35.5. The molecule has 0 aromatic rings. The van der Waals surface area contributed by atoms with E-state index >= 15 is 0 Å². The van der Waals surface area contributed by atoms with Crippen molar-refractivity contribution in [2.24, 2.45) is 11.7 Å². The van der Waals surface area contributed by atoms with Crippen LogP contribution < -0.4 is 5.73 Å². The van der Waals surface area contributed by atoms with Crippen LogP contribution in [0, 0.1) is 5.92 Å². The minimum Gasteiger partial charge on any atom is -0.342 e. The lowest BCUT2D eigenvalue weighted by atomic mass is 9.92. The first-order valence-corrected chi connectivity index (χ1v) is 6.11. The summed E-state index contributed by atoms with van der Waals surface area (Å²) in [6.45, 7) is 6.24. The predicted molar refractivity (Wildman–Crippen MR) is 73.4 cm³/mol. The lowest BCUT2D eigenvalue weighted by Crippen LogP contribution is -2.50. The smallest absolute Gasteiger partial charge is 0.224 e. The molecule has 0 radical (unpaired) electrons. The second-order valence-corrected chi connectivity index (χ2v) is 5.28. The Bertz CT molecular complexity index is 248. The Labute approximate surface area is 111 Å². The van der Waals surface area contributed by atoms with E-state index in [0.717, 1.165) is 19.5 Å². The third kappa shape index (κ3) is 4.82. The Hall–Kier alpha value is -0.320. The van der Waals surface area contributed by atoms with Gasteiger partial charge < -0.3 is 15.5 Å². The summed E-state index contributed by atoms with van der Waals surface area (Å²) in [6.07, 6.45) is 1.52. The molecule has 0 bridgehead atoms. The van der Waals surface area contributed by atoms with E-state index in [1.807, 2.05) is 18.9 Å². The standard InChI is InChI=1S/C12H25N3O.ClH/c1-9-8-14(3)6-5-11(9)15(4)12(16)7-10(2)13;/h9-11H,5-8,13H2,1-4H3;1H. The van der Waals surface area contributed by atoms with E-state index < -0.39 is 0 Å². The van der Waals surface area contributed by atoms with Gasteiger partial charge in [-0.25, -0.2) is 0 Å². The highest BCUT2D eigenvalue weighted by Gasteiger charge is 2.29. The molecule has 1 rings (SSSR count). The van der Waals surface area contributed by atoms with E-state index in [1.165, 1.54) is 0 Å². The zero-order chi connectivity index (χ0) is 12.3. The number of carbonyl (C=O) groups is 1. The third-order valence-electron chi connectivity index (χ3n) is 3.45. The van der Waals surface area contributed by atoms with Crippen molar-refractivity contribution >= 4 is 18.3 Å². The summed E-state index contributed by atoms with van der Waals surface area (Å²) in [6, 6.07) is 0.332. The summed E-state index contributed by atoms with van der Waals surface area (Å²) in [4.78, 5) is 16.1. The molecule has 4 nitrogen and oxygen atoms in total. The van der Waals surface area contributed by atoms with Gasteiger partial charge in [0.15, 0.2) is 0 Å². The van der Waals surface area contributed by atoms with Gasteiger partial charge in [-0.15, -0.1) is 12.4 Å². The Morgan fingerprint density at radius 1 is 1.59 bits per heavy atom. The monoisotopic (exact) mass is 263 g/mol. The van der Waals surface area contributed by atoms with Crippen molar-refractivity contribution < 1.29 is 4.79 Å². The highest BCUT2D eigenvalue weighted by molar-refractivity contribution is 5.85. The van der Waals surface area contributed by atoms with Gasteiger partial charge >= 0.3 is 0 Å². The number of halogens is 1. The molecule has 0 aliphatic carbocycles. The quantitative estimate of drug-likeness (QED) is 0.825.